The fourth-order valence-corrected chi connectivity index (χ4v) is 4.75. The Labute approximate surface area is 188 Å². The van der Waals surface area contributed by atoms with Gasteiger partial charge in [-0.15, -0.1) is 0 Å². The molecule has 0 aliphatic carbocycles. The molecule has 0 bridgehead atoms. The highest BCUT2D eigenvalue weighted by Crippen LogP contribution is 2.32. The van der Waals surface area contributed by atoms with Crippen LogP contribution in [0.15, 0.2) is 42.5 Å². The molecule has 2 amide bonds. The van der Waals surface area contributed by atoms with Gasteiger partial charge in [0.25, 0.3) is 0 Å². The number of anilines is 1. The molecule has 7 heteroatoms. The number of fused-ring (bicyclic) bond motifs is 1. The molecule has 1 unspecified atom stereocenters. The minimum Gasteiger partial charge on any atom is -0.495 e. The average Bonchev–Trinajstić information content (AvgIpc) is 2.79. The molecule has 0 radical (unpaired) electrons. The van der Waals surface area contributed by atoms with Crippen LogP contribution in [0.25, 0.3) is 0 Å². The number of nitrogens with one attached hydrogen (secondary N) is 1. The number of likely N-dealkylation sites (tertiary alicyclic amines) is 1. The van der Waals surface area contributed by atoms with Crippen LogP contribution in [0.4, 0.5) is 5.69 Å². The second-order valence-corrected chi connectivity index (χ2v) is 8.51. The van der Waals surface area contributed by atoms with Gasteiger partial charge in [0, 0.05) is 25.3 Å². The van der Waals surface area contributed by atoms with Crippen molar-refractivity contribution in [2.75, 3.05) is 38.6 Å². The SMILES string of the molecule is COc1ccc(NC(=O)CN2CCc3ccccc3C2C(=O)N2CCCCC2)cc1Cl. The van der Waals surface area contributed by atoms with Crippen molar-refractivity contribution in [2.24, 2.45) is 0 Å². The second kappa shape index (κ2) is 9.71. The van der Waals surface area contributed by atoms with Crippen molar-refractivity contribution in [2.45, 2.75) is 31.7 Å². The van der Waals surface area contributed by atoms with E-state index in [1.54, 1.807) is 25.3 Å². The monoisotopic (exact) mass is 441 g/mol. The van der Waals surface area contributed by atoms with Gasteiger partial charge in [-0.2, -0.15) is 0 Å². The van der Waals surface area contributed by atoms with Crippen LogP contribution in [-0.4, -0.2) is 54.9 Å². The third kappa shape index (κ3) is 4.86. The van der Waals surface area contributed by atoms with E-state index in [4.69, 9.17) is 16.3 Å². The molecular formula is C24H28ClN3O3. The van der Waals surface area contributed by atoms with Crippen LogP contribution in [0, 0.1) is 0 Å². The Bertz CT molecular complexity index is 959. The van der Waals surface area contributed by atoms with Gasteiger partial charge in [0.2, 0.25) is 11.8 Å². The number of carbonyl (C=O) groups is 2. The molecule has 0 saturated carbocycles. The number of piperidine rings is 1. The number of hydrogen-bond acceptors (Lipinski definition) is 4. The van der Waals surface area contributed by atoms with Crippen LogP contribution in [0.2, 0.25) is 5.02 Å². The highest BCUT2D eigenvalue weighted by atomic mass is 35.5. The molecule has 4 rings (SSSR count). The summed E-state index contributed by atoms with van der Waals surface area (Å²) in [7, 11) is 1.55. The predicted octanol–water partition coefficient (Wildman–Crippen LogP) is 3.90. The van der Waals surface area contributed by atoms with Crippen LogP contribution in [-0.2, 0) is 16.0 Å². The standard InChI is InChI=1S/C24H28ClN3O3/c1-31-21-10-9-18(15-20(21)25)26-22(29)16-28-14-11-17-7-3-4-8-19(17)23(28)24(30)27-12-5-2-6-13-27/h3-4,7-10,15,23H,2,5-6,11-14,16H2,1H3,(H,26,29). The minimum atomic E-state index is -0.423. The van der Waals surface area contributed by atoms with Crippen LogP contribution in [0.3, 0.4) is 0 Å². The lowest BCUT2D eigenvalue weighted by molar-refractivity contribution is -0.139. The molecule has 1 fully saturated rings. The zero-order chi connectivity index (χ0) is 21.8. The van der Waals surface area contributed by atoms with Gasteiger partial charge in [0.05, 0.1) is 18.7 Å². The summed E-state index contributed by atoms with van der Waals surface area (Å²) in [4.78, 5) is 30.3. The number of nitrogens with zero attached hydrogens (tertiary/aromatic N) is 2. The molecule has 2 aliphatic heterocycles. The summed E-state index contributed by atoms with van der Waals surface area (Å²) in [5.74, 6) is 0.490. The Morgan fingerprint density at radius 1 is 1.10 bits per heavy atom. The van der Waals surface area contributed by atoms with Crippen molar-refractivity contribution in [1.82, 2.24) is 9.80 Å². The quantitative estimate of drug-likeness (QED) is 0.764. The first-order chi connectivity index (χ1) is 15.1. The van der Waals surface area contributed by atoms with E-state index >= 15 is 0 Å². The number of benzene rings is 2. The molecule has 2 heterocycles. The van der Waals surface area contributed by atoms with Crippen molar-refractivity contribution in [1.29, 1.82) is 0 Å². The van der Waals surface area contributed by atoms with Gasteiger partial charge < -0.3 is 15.0 Å². The zero-order valence-electron chi connectivity index (χ0n) is 17.8. The average molecular weight is 442 g/mol. The summed E-state index contributed by atoms with van der Waals surface area (Å²) in [5.41, 5.74) is 2.81. The molecule has 0 aromatic heterocycles. The van der Waals surface area contributed by atoms with E-state index in [0.717, 1.165) is 37.9 Å². The van der Waals surface area contributed by atoms with Crippen LogP contribution >= 0.6 is 11.6 Å². The number of carbonyl (C=O) groups excluding carboxylic acids is 2. The largest absolute Gasteiger partial charge is 0.495 e. The highest BCUT2D eigenvalue weighted by Gasteiger charge is 2.36. The molecule has 1 N–H and O–H groups in total. The minimum absolute atomic E-state index is 0.104. The van der Waals surface area contributed by atoms with Crippen LogP contribution in [0.1, 0.15) is 36.4 Å². The molecule has 0 spiro atoms. The van der Waals surface area contributed by atoms with Crippen molar-refractivity contribution in [3.63, 3.8) is 0 Å². The Balaban J connectivity index is 1.52. The summed E-state index contributed by atoms with van der Waals surface area (Å²) >= 11 is 6.17. The van der Waals surface area contributed by atoms with Crippen LogP contribution < -0.4 is 10.1 Å². The van der Waals surface area contributed by atoms with Gasteiger partial charge in [-0.1, -0.05) is 35.9 Å². The van der Waals surface area contributed by atoms with Gasteiger partial charge in [0.15, 0.2) is 0 Å². The molecule has 164 valence electrons. The first-order valence-corrected chi connectivity index (χ1v) is 11.2. The molecular weight excluding hydrogens is 414 g/mol. The van der Waals surface area contributed by atoms with E-state index in [-0.39, 0.29) is 18.4 Å². The van der Waals surface area contributed by atoms with E-state index in [0.29, 0.717) is 23.0 Å². The van der Waals surface area contributed by atoms with Crippen LogP contribution in [0.5, 0.6) is 5.75 Å². The zero-order valence-corrected chi connectivity index (χ0v) is 18.5. The molecule has 2 aliphatic rings. The number of amides is 2. The molecule has 6 nitrogen and oxygen atoms in total. The summed E-state index contributed by atoms with van der Waals surface area (Å²) in [6, 6.07) is 12.8. The lowest BCUT2D eigenvalue weighted by Gasteiger charge is -2.39. The molecule has 31 heavy (non-hydrogen) atoms. The van der Waals surface area contributed by atoms with Gasteiger partial charge in [-0.05, 0) is 55.0 Å². The Morgan fingerprint density at radius 3 is 2.61 bits per heavy atom. The smallest absolute Gasteiger partial charge is 0.244 e. The lowest BCUT2D eigenvalue weighted by atomic mass is 9.91. The third-order valence-corrected chi connectivity index (χ3v) is 6.36. The molecule has 2 aromatic rings. The number of rotatable bonds is 5. The Kier molecular flexibility index (Phi) is 6.78. The highest BCUT2D eigenvalue weighted by molar-refractivity contribution is 6.32. The first kappa shape index (κ1) is 21.7. The Morgan fingerprint density at radius 2 is 1.87 bits per heavy atom. The van der Waals surface area contributed by atoms with Gasteiger partial charge in [-0.3, -0.25) is 14.5 Å². The number of halogens is 1. The topological polar surface area (TPSA) is 61.9 Å². The lowest BCUT2D eigenvalue weighted by Crippen LogP contribution is -2.49. The van der Waals surface area contributed by atoms with Gasteiger partial charge in [0.1, 0.15) is 11.8 Å². The molecule has 1 atom stereocenters. The molecule has 2 aromatic carbocycles. The van der Waals surface area contributed by atoms with E-state index < -0.39 is 6.04 Å². The van der Waals surface area contributed by atoms with E-state index in [9.17, 15) is 9.59 Å². The van der Waals surface area contributed by atoms with Crippen molar-refractivity contribution < 1.29 is 14.3 Å². The fraction of sp³-hybridized carbons (Fsp3) is 0.417. The van der Waals surface area contributed by atoms with Crippen molar-refractivity contribution in [3.05, 3.63) is 58.6 Å². The van der Waals surface area contributed by atoms with E-state index in [1.165, 1.54) is 12.0 Å². The Hall–Kier alpha value is -2.57. The second-order valence-electron chi connectivity index (χ2n) is 8.11. The normalized spacial score (nSPS) is 18.9. The van der Waals surface area contributed by atoms with Crippen molar-refractivity contribution >= 4 is 29.1 Å². The summed E-state index contributed by atoms with van der Waals surface area (Å²) < 4.78 is 5.16. The third-order valence-electron chi connectivity index (χ3n) is 6.07. The molecule has 1 saturated heterocycles. The maximum absolute atomic E-state index is 13.5. The maximum Gasteiger partial charge on any atom is 0.244 e. The van der Waals surface area contributed by atoms with Gasteiger partial charge in [-0.25, -0.2) is 0 Å². The number of ether oxygens (including phenoxy) is 1. The maximum atomic E-state index is 13.5. The fourth-order valence-electron chi connectivity index (χ4n) is 4.49. The number of hydrogen-bond donors (Lipinski definition) is 1. The first-order valence-electron chi connectivity index (χ1n) is 10.8. The summed E-state index contributed by atoms with van der Waals surface area (Å²) in [5, 5.41) is 3.33. The predicted molar refractivity (Wildman–Crippen MR) is 122 cm³/mol. The van der Waals surface area contributed by atoms with Gasteiger partial charge >= 0.3 is 0 Å². The van der Waals surface area contributed by atoms with E-state index in [2.05, 4.69) is 11.4 Å². The summed E-state index contributed by atoms with van der Waals surface area (Å²) in [6.07, 6.45) is 4.07. The summed E-state index contributed by atoms with van der Waals surface area (Å²) in [6.45, 7) is 2.39. The van der Waals surface area contributed by atoms with Crippen molar-refractivity contribution in [3.8, 4) is 5.75 Å². The number of methoxy groups -OCH3 is 1. The van der Waals surface area contributed by atoms with E-state index in [1.807, 2.05) is 28.0 Å².